The van der Waals surface area contributed by atoms with Crippen molar-refractivity contribution in [2.24, 2.45) is 11.8 Å². The Balaban J connectivity index is 1.61. The Morgan fingerprint density at radius 3 is 2.27 bits per heavy atom. The lowest BCUT2D eigenvalue weighted by molar-refractivity contribution is -0.122. The van der Waals surface area contributed by atoms with Gasteiger partial charge in [-0.05, 0) is 59.6 Å². The highest BCUT2D eigenvalue weighted by molar-refractivity contribution is 5.95. The molecule has 1 fully saturated rings. The Bertz CT molecular complexity index is 884. The van der Waals surface area contributed by atoms with Crippen molar-refractivity contribution in [3.8, 4) is 11.5 Å². The smallest absolute Gasteiger partial charge is 0.246 e. The lowest BCUT2D eigenvalue weighted by atomic mass is 9.89. The summed E-state index contributed by atoms with van der Waals surface area (Å²) in [6.07, 6.45) is 1.20. The van der Waals surface area contributed by atoms with Crippen molar-refractivity contribution in [3.05, 3.63) is 53.6 Å². The fourth-order valence-corrected chi connectivity index (χ4v) is 4.70. The second kappa shape index (κ2) is 8.68. The number of hydrogen-bond acceptors (Lipinski definition) is 4. The number of piperidine rings is 1. The number of hydrogen-bond donors (Lipinski definition) is 1. The van der Waals surface area contributed by atoms with E-state index in [-0.39, 0.29) is 18.7 Å². The van der Waals surface area contributed by atoms with Gasteiger partial charge in [-0.2, -0.15) is 0 Å². The standard InChI is InChI=1S/C25H32N2O3/c1-16(2)19-5-8-21(9-6-19)26-25(28)24(27-13-17(3)11-18(4)14-27)20-7-10-22-23(12-20)30-15-29-22/h5-10,12,16-18,24H,11,13-15H2,1-4H3,(H,26,28)/t17-,18+,24-/m1/s1. The van der Waals surface area contributed by atoms with Crippen molar-refractivity contribution in [1.82, 2.24) is 4.90 Å². The molecule has 0 radical (unpaired) electrons. The molecule has 160 valence electrons. The third kappa shape index (κ3) is 4.46. The predicted octanol–water partition coefficient (Wildman–Crippen LogP) is 5.20. The quantitative estimate of drug-likeness (QED) is 0.739. The molecule has 2 aliphatic heterocycles. The van der Waals surface area contributed by atoms with E-state index in [1.54, 1.807) is 0 Å². The summed E-state index contributed by atoms with van der Waals surface area (Å²) in [7, 11) is 0. The topological polar surface area (TPSA) is 50.8 Å². The van der Waals surface area contributed by atoms with Gasteiger partial charge in [-0.25, -0.2) is 0 Å². The molecular weight excluding hydrogens is 376 g/mol. The maximum absolute atomic E-state index is 13.5. The van der Waals surface area contributed by atoms with Gasteiger partial charge >= 0.3 is 0 Å². The molecule has 0 saturated carbocycles. The second-order valence-corrected chi connectivity index (χ2v) is 9.18. The predicted molar refractivity (Wildman–Crippen MR) is 119 cm³/mol. The van der Waals surface area contributed by atoms with Gasteiger partial charge in [0.25, 0.3) is 0 Å². The molecule has 2 heterocycles. The Morgan fingerprint density at radius 1 is 0.967 bits per heavy atom. The molecule has 0 aliphatic carbocycles. The van der Waals surface area contributed by atoms with Crippen molar-refractivity contribution in [2.45, 2.75) is 46.1 Å². The minimum Gasteiger partial charge on any atom is -0.454 e. The van der Waals surface area contributed by atoms with Crippen molar-refractivity contribution in [1.29, 1.82) is 0 Å². The molecule has 5 nitrogen and oxygen atoms in total. The summed E-state index contributed by atoms with van der Waals surface area (Å²) in [4.78, 5) is 15.8. The van der Waals surface area contributed by atoms with Crippen molar-refractivity contribution in [3.63, 3.8) is 0 Å². The molecular formula is C25H32N2O3. The lowest BCUT2D eigenvalue weighted by Gasteiger charge is -2.39. The van der Waals surface area contributed by atoms with Gasteiger partial charge in [0.1, 0.15) is 6.04 Å². The van der Waals surface area contributed by atoms with Crippen molar-refractivity contribution < 1.29 is 14.3 Å². The van der Waals surface area contributed by atoms with E-state index in [0.717, 1.165) is 30.1 Å². The van der Waals surface area contributed by atoms with Crippen LogP contribution in [-0.4, -0.2) is 30.7 Å². The third-order valence-corrected chi connectivity index (χ3v) is 6.07. The van der Waals surface area contributed by atoms with E-state index in [1.807, 2.05) is 30.3 Å². The summed E-state index contributed by atoms with van der Waals surface area (Å²) in [6, 6.07) is 13.6. The van der Waals surface area contributed by atoms with Gasteiger partial charge in [0, 0.05) is 18.8 Å². The van der Waals surface area contributed by atoms with Crippen LogP contribution in [0.4, 0.5) is 5.69 Å². The van der Waals surface area contributed by atoms with Gasteiger partial charge in [0.15, 0.2) is 11.5 Å². The summed E-state index contributed by atoms with van der Waals surface area (Å²) in [5.74, 6) is 3.03. The van der Waals surface area contributed by atoms with Gasteiger partial charge in [-0.3, -0.25) is 9.69 Å². The molecule has 1 N–H and O–H groups in total. The number of amides is 1. The zero-order valence-corrected chi connectivity index (χ0v) is 18.4. The molecule has 3 atom stereocenters. The molecule has 30 heavy (non-hydrogen) atoms. The van der Waals surface area contributed by atoms with E-state index in [9.17, 15) is 4.79 Å². The summed E-state index contributed by atoms with van der Waals surface area (Å²) < 4.78 is 11.0. The molecule has 0 bridgehead atoms. The summed E-state index contributed by atoms with van der Waals surface area (Å²) in [5.41, 5.74) is 3.03. The summed E-state index contributed by atoms with van der Waals surface area (Å²) in [5, 5.41) is 3.15. The van der Waals surface area contributed by atoms with Gasteiger partial charge in [0.05, 0.1) is 0 Å². The molecule has 5 heteroatoms. The number of fused-ring (bicyclic) bond motifs is 1. The maximum atomic E-state index is 13.5. The number of rotatable bonds is 5. The van der Waals surface area contributed by atoms with Crippen LogP contribution < -0.4 is 14.8 Å². The number of ether oxygens (including phenoxy) is 2. The SMILES string of the molecule is CC(C)c1ccc(NC(=O)[C@@H](c2ccc3c(c2)OCO3)N2C[C@H](C)C[C@H](C)C2)cc1. The monoisotopic (exact) mass is 408 g/mol. The largest absolute Gasteiger partial charge is 0.454 e. The van der Waals surface area contributed by atoms with Crippen LogP contribution in [0.15, 0.2) is 42.5 Å². The first-order valence-corrected chi connectivity index (χ1v) is 10.9. The van der Waals surface area contributed by atoms with Crippen LogP contribution in [0.5, 0.6) is 11.5 Å². The van der Waals surface area contributed by atoms with E-state index in [0.29, 0.717) is 23.5 Å². The number of carbonyl (C=O) groups excluding carboxylic acids is 1. The number of nitrogens with one attached hydrogen (secondary N) is 1. The third-order valence-electron chi connectivity index (χ3n) is 6.07. The van der Waals surface area contributed by atoms with Crippen molar-refractivity contribution in [2.75, 3.05) is 25.2 Å². The number of benzene rings is 2. The first-order chi connectivity index (χ1) is 14.4. The van der Waals surface area contributed by atoms with Crippen LogP contribution in [0.2, 0.25) is 0 Å². The zero-order chi connectivity index (χ0) is 21.3. The molecule has 1 amide bonds. The molecule has 0 spiro atoms. The highest BCUT2D eigenvalue weighted by atomic mass is 16.7. The van der Waals surface area contributed by atoms with E-state index in [1.165, 1.54) is 12.0 Å². The van der Waals surface area contributed by atoms with Gasteiger partial charge in [-0.1, -0.05) is 45.9 Å². The molecule has 0 unspecified atom stereocenters. The fourth-order valence-electron chi connectivity index (χ4n) is 4.70. The molecule has 2 aromatic rings. The van der Waals surface area contributed by atoms with Crippen LogP contribution in [0.3, 0.4) is 0 Å². The molecule has 2 aliphatic rings. The summed E-state index contributed by atoms with van der Waals surface area (Å²) in [6.45, 7) is 10.9. The average Bonchev–Trinajstić information content (AvgIpc) is 3.16. The number of nitrogens with zero attached hydrogens (tertiary/aromatic N) is 1. The molecule has 4 rings (SSSR count). The zero-order valence-electron chi connectivity index (χ0n) is 18.4. The Morgan fingerprint density at radius 2 is 1.60 bits per heavy atom. The first kappa shape index (κ1) is 20.7. The van der Waals surface area contributed by atoms with E-state index < -0.39 is 0 Å². The lowest BCUT2D eigenvalue weighted by Crippen LogP contribution is -2.45. The number of likely N-dealkylation sites (tertiary alicyclic amines) is 1. The highest BCUT2D eigenvalue weighted by Crippen LogP contribution is 2.37. The molecule has 2 aromatic carbocycles. The van der Waals surface area contributed by atoms with Gasteiger partial charge < -0.3 is 14.8 Å². The second-order valence-electron chi connectivity index (χ2n) is 9.18. The minimum atomic E-state index is -0.366. The Labute approximate surface area is 179 Å². The first-order valence-electron chi connectivity index (χ1n) is 10.9. The van der Waals surface area contributed by atoms with E-state index in [2.05, 4.69) is 50.0 Å². The van der Waals surface area contributed by atoms with Gasteiger partial charge in [-0.15, -0.1) is 0 Å². The number of carbonyl (C=O) groups is 1. The van der Waals surface area contributed by atoms with Crippen LogP contribution in [-0.2, 0) is 4.79 Å². The Hall–Kier alpha value is -2.53. The molecule has 0 aromatic heterocycles. The number of anilines is 1. The minimum absolute atomic E-state index is 0.00698. The van der Waals surface area contributed by atoms with Gasteiger partial charge in [0.2, 0.25) is 12.7 Å². The van der Waals surface area contributed by atoms with Crippen LogP contribution in [0.1, 0.15) is 57.2 Å². The Kier molecular flexibility index (Phi) is 6.00. The normalized spacial score (nSPS) is 22.2. The molecule has 1 saturated heterocycles. The fraction of sp³-hybridized carbons (Fsp3) is 0.480. The van der Waals surface area contributed by atoms with Crippen LogP contribution in [0.25, 0.3) is 0 Å². The summed E-state index contributed by atoms with van der Waals surface area (Å²) >= 11 is 0. The van der Waals surface area contributed by atoms with Crippen LogP contribution in [0, 0.1) is 11.8 Å². The van der Waals surface area contributed by atoms with Crippen molar-refractivity contribution >= 4 is 11.6 Å². The maximum Gasteiger partial charge on any atom is 0.246 e. The van der Waals surface area contributed by atoms with E-state index >= 15 is 0 Å². The van der Waals surface area contributed by atoms with Crippen LogP contribution >= 0.6 is 0 Å². The highest BCUT2D eigenvalue weighted by Gasteiger charge is 2.34. The average molecular weight is 409 g/mol. The van der Waals surface area contributed by atoms with E-state index in [4.69, 9.17) is 9.47 Å².